The Kier molecular flexibility index (Phi) is 7.35. The molecule has 1 fully saturated rings. The summed E-state index contributed by atoms with van der Waals surface area (Å²) in [7, 11) is 1.86. The Balaban J connectivity index is 0.00000264. The quantitative estimate of drug-likeness (QED) is 0.903. The number of alkyl halides is 3. The van der Waals surface area contributed by atoms with E-state index in [-0.39, 0.29) is 18.0 Å². The van der Waals surface area contributed by atoms with E-state index >= 15 is 0 Å². The standard InChI is InChI=1S/C16H21F3N2O.ClH/c1-20-13-7-9-21(10-8-13)15(22)11-14(16(17,18)19)12-5-3-2-4-6-12;/h2-6,13-14,20H,7-11H2,1H3;1H. The highest BCUT2D eigenvalue weighted by Crippen LogP contribution is 2.37. The molecule has 130 valence electrons. The Morgan fingerprint density at radius 1 is 1.26 bits per heavy atom. The number of piperidine rings is 1. The minimum absolute atomic E-state index is 0. The minimum atomic E-state index is -4.42. The van der Waals surface area contributed by atoms with Crippen LogP contribution in [0.15, 0.2) is 30.3 Å². The summed E-state index contributed by atoms with van der Waals surface area (Å²) in [5, 5.41) is 3.14. The maximum Gasteiger partial charge on any atom is 0.396 e. The van der Waals surface area contributed by atoms with Gasteiger partial charge in [0.15, 0.2) is 0 Å². The Labute approximate surface area is 140 Å². The molecule has 1 unspecified atom stereocenters. The number of nitrogens with one attached hydrogen (secondary N) is 1. The van der Waals surface area contributed by atoms with Crippen LogP contribution in [0.2, 0.25) is 0 Å². The number of benzene rings is 1. The summed E-state index contributed by atoms with van der Waals surface area (Å²) in [4.78, 5) is 13.8. The first kappa shape index (κ1) is 19.8. The lowest BCUT2D eigenvalue weighted by Gasteiger charge is -2.33. The lowest BCUT2D eigenvalue weighted by atomic mass is 9.94. The molecule has 0 aromatic heterocycles. The van der Waals surface area contributed by atoms with Crippen LogP contribution in [-0.4, -0.2) is 43.2 Å². The average molecular weight is 351 g/mol. The molecule has 0 radical (unpaired) electrons. The molecule has 1 atom stereocenters. The van der Waals surface area contributed by atoms with E-state index in [1.807, 2.05) is 7.05 Å². The van der Waals surface area contributed by atoms with Crippen LogP contribution in [0.25, 0.3) is 0 Å². The van der Waals surface area contributed by atoms with E-state index in [2.05, 4.69) is 5.32 Å². The molecule has 0 saturated carbocycles. The van der Waals surface area contributed by atoms with Crippen molar-refractivity contribution < 1.29 is 18.0 Å². The maximum atomic E-state index is 13.3. The third-order valence-electron chi connectivity index (χ3n) is 4.23. The van der Waals surface area contributed by atoms with Crippen LogP contribution in [0.3, 0.4) is 0 Å². The average Bonchev–Trinajstić information content (AvgIpc) is 2.52. The molecule has 23 heavy (non-hydrogen) atoms. The SMILES string of the molecule is CNC1CCN(C(=O)CC(c2ccccc2)C(F)(F)F)CC1.Cl. The van der Waals surface area contributed by atoms with Gasteiger partial charge in [0, 0.05) is 25.6 Å². The van der Waals surface area contributed by atoms with Crippen molar-refractivity contribution in [1.29, 1.82) is 0 Å². The minimum Gasteiger partial charge on any atom is -0.343 e. The molecule has 0 aliphatic carbocycles. The lowest BCUT2D eigenvalue weighted by molar-refractivity contribution is -0.161. The highest BCUT2D eigenvalue weighted by Gasteiger charge is 2.42. The molecule has 1 saturated heterocycles. The fourth-order valence-corrected chi connectivity index (χ4v) is 2.83. The van der Waals surface area contributed by atoms with Gasteiger partial charge in [-0.05, 0) is 25.5 Å². The van der Waals surface area contributed by atoms with Crippen LogP contribution < -0.4 is 5.32 Å². The molecule has 0 spiro atoms. The van der Waals surface area contributed by atoms with Crippen LogP contribution >= 0.6 is 12.4 Å². The van der Waals surface area contributed by atoms with Gasteiger partial charge >= 0.3 is 6.18 Å². The number of carbonyl (C=O) groups excluding carboxylic acids is 1. The fraction of sp³-hybridized carbons (Fsp3) is 0.562. The van der Waals surface area contributed by atoms with E-state index in [0.717, 1.165) is 12.8 Å². The van der Waals surface area contributed by atoms with Crippen molar-refractivity contribution in [2.75, 3.05) is 20.1 Å². The predicted molar refractivity (Wildman–Crippen MR) is 85.8 cm³/mol. The number of hydrogen-bond donors (Lipinski definition) is 1. The number of nitrogens with zero attached hydrogens (tertiary/aromatic N) is 1. The van der Waals surface area contributed by atoms with Gasteiger partial charge in [-0.1, -0.05) is 30.3 Å². The molecule has 1 aliphatic heterocycles. The van der Waals surface area contributed by atoms with Gasteiger partial charge in [-0.2, -0.15) is 13.2 Å². The predicted octanol–water partition coefficient (Wildman–Crippen LogP) is 3.35. The second-order valence-corrected chi connectivity index (χ2v) is 5.65. The summed E-state index contributed by atoms with van der Waals surface area (Å²) in [6, 6.07) is 8.00. The maximum absolute atomic E-state index is 13.3. The summed E-state index contributed by atoms with van der Waals surface area (Å²) in [6.07, 6.45) is -3.37. The third-order valence-corrected chi connectivity index (χ3v) is 4.23. The van der Waals surface area contributed by atoms with Gasteiger partial charge in [-0.3, -0.25) is 4.79 Å². The number of carbonyl (C=O) groups is 1. The number of hydrogen-bond acceptors (Lipinski definition) is 2. The second-order valence-electron chi connectivity index (χ2n) is 5.65. The Hall–Kier alpha value is -1.27. The molecule has 3 nitrogen and oxygen atoms in total. The van der Waals surface area contributed by atoms with Gasteiger partial charge in [0.25, 0.3) is 0 Å². The number of halogens is 4. The first-order valence-electron chi connectivity index (χ1n) is 7.48. The number of rotatable bonds is 4. The third kappa shape index (κ3) is 5.39. The molecule has 1 heterocycles. The van der Waals surface area contributed by atoms with Crippen LogP contribution in [0.4, 0.5) is 13.2 Å². The Morgan fingerprint density at radius 2 is 1.83 bits per heavy atom. The Morgan fingerprint density at radius 3 is 2.30 bits per heavy atom. The molecule has 1 N–H and O–H groups in total. The van der Waals surface area contributed by atoms with Crippen LogP contribution in [0, 0.1) is 0 Å². The van der Waals surface area contributed by atoms with Crippen molar-refractivity contribution >= 4 is 18.3 Å². The van der Waals surface area contributed by atoms with Gasteiger partial charge < -0.3 is 10.2 Å². The molecule has 0 bridgehead atoms. The van der Waals surface area contributed by atoms with Crippen LogP contribution in [0.5, 0.6) is 0 Å². The largest absolute Gasteiger partial charge is 0.396 e. The summed E-state index contributed by atoms with van der Waals surface area (Å²) in [5.74, 6) is -2.15. The van der Waals surface area contributed by atoms with Crippen molar-refractivity contribution in [3.05, 3.63) is 35.9 Å². The van der Waals surface area contributed by atoms with Gasteiger partial charge in [-0.25, -0.2) is 0 Å². The summed E-state index contributed by atoms with van der Waals surface area (Å²) < 4.78 is 39.8. The summed E-state index contributed by atoms with van der Waals surface area (Å²) >= 11 is 0. The smallest absolute Gasteiger partial charge is 0.343 e. The Bertz CT molecular complexity index is 488. The fourth-order valence-electron chi connectivity index (χ4n) is 2.83. The van der Waals surface area contributed by atoms with Crippen molar-refractivity contribution in [3.8, 4) is 0 Å². The monoisotopic (exact) mass is 350 g/mol. The van der Waals surface area contributed by atoms with E-state index in [1.54, 1.807) is 23.1 Å². The topological polar surface area (TPSA) is 32.3 Å². The molecule has 1 aliphatic rings. The molecule has 1 aromatic rings. The lowest BCUT2D eigenvalue weighted by Crippen LogP contribution is -2.44. The molecule has 7 heteroatoms. The summed E-state index contributed by atoms with van der Waals surface area (Å²) in [6.45, 7) is 1.04. The molecular formula is C16H22ClF3N2O. The highest BCUT2D eigenvalue weighted by molar-refractivity contribution is 5.85. The number of likely N-dealkylation sites (tertiary alicyclic amines) is 1. The molecule has 1 amide bonds. The van der Waals surface area contributed by atoms with E-state index in [9.17, 15) is 18.0 Å². The first-order valence-corrected chi connectivity index (χ1v) is 7.48. The summed E-state index contributed by atoms with van der Waals surface area (Å²) in [5.41, 5.74) is 0.147. The molecule has 2 rings (SSSR count). The second kappa shape index (κ2) is 8.55. The van der Waals surface area contributed by atoms with Crippen molar-refractivity contribution in [1.82, 2.24) is 10.2 Å². The van der Waals surface area contributed by atoms with Gasteiger partial charge in [0.05, 0.1) is 5.92 Å². The zero-order valence-electron chi connectivity index (χ0n) is 13.0. The zero-order valence-corrected chi connectivity index (χ0v) is 13.8. The van der Waals surface area contributed by atoms with E-state index in [1.165, 1.54) is 12.1 Å². The van der Waals surface area contributed by atoms with Gasteiger partial charge in [0.1, 0.15) is 0 Å². The van der Waals surface area contributed by atoms with Crippen molar-refractivity contribution in [3.63, 3.8) is 0 Å². The van der Waals surface area contributed by atoms with E-state index in [4.69, 9.17) is 0 Å². The molecular weight excluding hydrogens is 329 g/mol. The van der Waals surface area contributed by atoms with Crippen molar-refractivity contribution in [2.24, 2.45) is 0 Å². The van der Waals surface area contributed by atoms with Crippen LogP contribution in [-0.2, 0) is 4.79 Å². The van der Waals surface area contributed by atoms with Crippen molar-refractivity contribution in [2.45, 2.75) is 37.4 Å². The first-order chi connectivity index (χ1) is 10.4. The normalized spacial score (nSPS) is 17.5. The zero-order chi connectivity index (χ0) is 16.2. The van der Waals surface area contributed by atoms with Crippen LogP contribution in [0.1, 0.15) is 30.7 Å². The van der Waals surface area contributed by atoms with Gasteiger partial charge in [0.2, 0.25) is 5.91 Å². The highest BCUT2D eigenvalue weighted by atomic mass is 35.5. The van der Waals surface area contributed by atoms with E-state index in [0.29, 0.717) is 19.1 Å². The van der Waals surface area contributed by atoms with Gasteiger partial charge in [-0.15, -0.1) is 12.4 Å². The van der Waals surface area contributed by atoms with E-state index < -0.39 is 24.4 Å². The number of amides is 1. The molecule has 1 aromatic carbocycles.